The Morgan fingerprint density at radius 3 is 2.67 bits per heavy atom. The highest BCUT2D eigenvalue weighted by Crippen LogP contribution is 2.32. The summed E-state index contributed by atoms with van der Waals surface area (Å²) >= 11 is 3.34. The summed E-state index contributed by atoms with van der Waals surface area (Å²) in [7, 11) is 0. The zero-order valence-electron chi connectivity index (χ0n) is 9.70. The third-order valence-corrected chi connectivity index (χ3v) is 3.15. The Morgan fingerprint density at radius 1 is 1.11 bits per heavy atom. The molecule has 18 heavy (non-hydrogen) atoms. The van der Waals surface area contributed by atoms with E-state index in [0.29, 0.717) is 22.5 Å². The second-order valence-electron chi connectivity index (χ2n) is 3.82. The standard InChI is InChI=1S/C14H13BrFNO/c15-12-6-5-11(16)9-14(12)18-13-4-2-1-3-10(13)7-8-17/h1-6,9H,7-8,17H2. The second kappa shape index (κ2) is 5.98. The van der Waals surface area contributed by atoms with E-state index in [1.165, 1.54) is 12.1 Å². The highest BCUT2D eigenvalue weighted by Gasteiger charge is 2.07. The van der Waals surface area contributed by atoms with Crippen LogP contribution in [0.25, 0.3) is 0 Å². The molecule has 0 aliphatic heterocycles. The van der Waals surface area contributed by atoms with Gasteiger partial charge in [-0.15, -0.1) is 0 Å². The van der Waals surface area contributed by atoms with Crippen molar-refractivity contribution in [3.63, 3.8) is 0 Å². The van der Waals surface area contributed by atoms with Crippen LogP contribution in [-0.4, -0.2) is 6.54 Å². The zero-order chi connectivity index (χ0) is 13.0. The number of ether oxygens (including phenoxy) is 1. The lowest BCUT2D eigenvalue weighted by Crippen LogP contribution is -2.04. The van der Waals surface area contributed by atoms with Crippen LogP contribution >= 0.6 is 15.9 Å². The van der Waals surface area contributed by atoms with E-state index >= 15 is 0 Å². The van der Waals surface area contributed by atoms with Gasteiger partial charge in [0.15, 0.2) is 0 Å². The molecular formula is C14H13BrFNO. The van der Waals surface area contributed by atoms with Gasteiger partial charge in [-0.1, -0.05) is 18.2 Å². The molecule has 0 aromatic heterocycles. The van der Waals surface area contributed by atoms with Crippen molar-refractivity contribution in [2.45, 2.75) is 6.42 Å². The molecule has 2 aromatic carbocycles. The number of para-hydroxylation sites is 1. The molecule has 0 amide bonds. The molecule has 2 nitrogen and oxygen atoms in total. The molecule has 0 aliphatic carbocycles. The highest BCUT2D eigenvalue weighted by molar-refractivity contribution is 9.10. The van der Waals surface area contributed by atoms with Crippen molar-refractivity contribution in [3.8, 4) is 11.5 Å². The molecule has 4 heteroatoms. The van der Waals surface area contributed by atoms with Crippen molar-refractivity contribution in [2.24, 2.45) is 5.73 Å². The quantitative estimate of drug-likeness (QED) is 0.930. The molecule has 0 fully saturated rings. The lowest BCUT2D eigenvalue weighted by Gasteiger charge is -2.11. The van der Waals surface area contributed by atoms with Crippen molar-refractivity contribution in [2.75, 3.05) is 6.54 Å². The number of hydrogen-bond acceptors (Lipinski definition) is 2. The molecule has 0 unspecified atom stereocenters. The van der Waals surface area contributed by atoms with Gasteiger partial charge in [0.05, 0.1) is 4.47 Å². The Hall–Kier alpha value is -1.39. The molecule has 2 aromatic rings. The first-order valence-electron chi connectivity index (χ1n) is 5.61. The van der Waals surface area contributed by atoms with Gasteiger partial charge in [-0.3, -0.25) is 0 Å². The summed E-state index contributed by atoms with van der Waals surface area (Å²) < 4.78 is 19.6. The van der Waals surface area contributed by atoms with Crippen LogP contribution in [0.3, 0.4) is 0 Å². The fraction of sp³-hybridized carbons (Fsp3) is 0.143. The average molecular weight is 310 g/mol. The number of hydrogen-bond donors (Lipinski definition) is 1. The molecule has 2 rings (SSSR count). The number of halogens is 2. The van der Waals surface area contributed by atoms with E-state index in [-0.39, 0.29) is 5.82 Å². The number of benzene rings is 2. The summed E-state index contributed by atoms with van der Waals surface area (Å²) in [5, 5.41) is 0. The molecular weight excluding hydrogens is 297 g/mol. The van der Waals surface area contributed by atoms with Crippen LogP contribution in [0.4, 0.5) is 4.39 Å². The fourth-order valence-corrected chi connectivity index (χ4v) is 1.97. The number of nitrogens with two attached hydrogens (primary N) is 1. The lowest BCUT2D eigenvalue weighted by atomic mass is 10.1. The molecule has 0 heterocycles. The van der Waals surface area contributed by atoms with E-state index in [9.17, 15) is 4.39 Å². The molecule has 0 atom stereocenters. The Morgan fingerprint density at radius 2 is 1.89 bits per heavy atom. The minimum absolute atomic E-state index is 0.329. The maximum atomic E-state index is 13.2. The Balaban J connectivity index is 2.30. The Labute approximate surface area is 114 Å². The largest absolute Gasteiger partial charge is 0.456 e. The minimum atomic E-state index is -0.329. The molecule has 0 bridgehead atoms. The van der Waals surface area contributed by atoms with Gasteiger partial charge in [-0.05, 0) is 52.7 Å². The van der Waals surface area contributed by atoms with E-state index in [2.05, 4.69) is 15.9 Å². The maximum absolute atomic E-state index is 13.2. The topological polar surface area (TPSA) is 35.2 Å². The summed E-state index contributed by atoms with van der Waals surface area (Å²) in [6, 6.07) is 12.0. The van der Waals surface area contributed by atoms with Crippen molar-refractivity contribution >= 4 is 15.9 Å². The summed E-state index contributed by atoms with van der Waals surface area (Å²) in [5.74, 6) is 0.832. The molecule has 0 saturated heterocycles. The van der Waals surface area contributed by atoms with Crippen molar-refractivity contribution in [1.29, 1.82) is 0 Å². The van der Waals surface area contributed by atoms with E-state index in [0.717, 1.165) is 12.0 Å². The first kappa shape index (κ1) is 13.1. The van der Waals surface area contributed by atoms with Crippen LogP contribution in [0.15, 0.2) is 46.9 Å². The summed E-state index contributed by atoms with van der Waals surface area (Å²) in [5.41, 5.74) is 6.56. The van der Waals surface area contributed by atoms with Gasteiger partial charge in [0.1, 0.15) is 17.3 Å². The van der Waals surface area contributed by atoms with Gasteiger partial charge in [-0.25, -0.2) is 4.39 Å². The van der Waals surface area contributed by atoms with Gasteiger partial charge in [0.2, 0.25) is 0 Å². The monoisotopic (exact) mass is 309 g/mol. The normalized spacial score (nSPS) is 10.4. The van der Waals surface area contributed by atoms with Gasteiger partial charge >= 0.3 is 0 Å². The zero-order valence-corrected chi connectivity index (χ0v) is 11.3. The Bertz CT molecular complexity index is 545. The second-order valence-corrected chi connectivity index (χ2v) is 4.68. The minimum Gasteiger partial charge on any atom is -0.456 e. The smallest absolute Gasteiger partial charge is 0.144 e. The summed E-state index contributed by atoms with van der Waals surface area (Å²) in [4.78, 5) is 0. The van der Waals surface area contributed by atoms with E-state index in [1.54, 1.807) is 6.07 Å². The molecule has 0 aliphatic rings. The predicted molar refractivity (Wildman–Crippen MR) is 73.4 cm³/mol. The van der Waals surface area contributed by atoms with Gasteiger partial charge in [0, 0.05) is 6.07 Å². The van der Waals surface area contributed by atoms with E-state index < -0.39 is 0 Å². The van der Waals surface area contributed by atoms with Crippen LogP contribution in [0.5, 0.6) is 11.5 Å². The summed E-state index contributed by atoms with van der Waals surface area (Å²) in [6.45, 7) is 0.546. The third kappa shape index (κ3) is 3.09. The fourth-order valence-electron chi connectivity index (χ4n) is 1.64. The van der Waals surface area contributed by atoms with Crippen LogP contribution in [-0.2, 0) is 6.42 Å². The maximum Gasteiger partial charge on any atom is 0.144 e. The van der Waals surface area contributed by atoms with Gasteiger partial charge in [-0.2, -0.15) is 0 Å². The first-order valence-corrected chi connectivity index (χ1v) is 6.41. The Kier molecular flexibility index (Phi) is 4.33. The third-order valence-electron chi connectivity index (χ3n) is 2.50. The SMILES string of the molecule is NCCc1ccccc1Oc1cc(F)ccc1Br. The van der Waals surface area contributed by atoms with Gasteiger partial charge < -0.3 is 10.5 Å². The van der Waals surface area contributed by atoms with Crippen LogP contribution in [0.1, 0.15) is 5.56 Å². The predicted octanol–water partition coefficient (Wildman–Crippen LogP) is 3.88. The molecule has 0 radical (unpaired) electrons. The first-order chi connectivity index (χ1) is 8.70. The average Bonchev–Trinajstić information content (AvgIpc) is 2.36. The van der Waals surface area contributed by atoms with E-state index in [4.69, 9.17) is 10.5 Å². The molecule has 0 spiro atoms. The van der Waals surface area contributed by atoms with Crippen molar-refractivity contribution in [1.82, 2.24) is 0 Å². The molecule has 2 N–H and O–H groups in total. The van der Waals surface area contributed by atoms with Crippen LogP contribution < -0.4 is 10.5 Å². The molecule has 94 valence electrons. The number of rotatable bonds is 4. The van der Waals surface area contributed by atoms with Crippen molar-refractivity contribution < 1.29 is 9.13 Å². The lowest BCUT2D eigenvalue weighted by molar-refractivity contribution is 0.467. The van der Waals surface area contributed by atoms with Crippen molar-refractivity contribution in [3.05, 3.63) is 58.3 Å². The van der Waals surface area contributed by atoms with Crippen LogP contribution in [0.2, 0.25) is 0 Å². The van der Waals surface area contributed by atoms with Gasteiger partial charge in [0.25, 0.3) is 0 Å². The van der Waals surface area contributed by atoms with Crippen LogP contribution in [0, 0.1) is 5.82 Å². The molecule has 0 saturated carbocycles. The summed E-state index contributed by atoms with van der Waals surface area (Å²) in [6.07, 6.45) is 0.725. The highest BCUT2D eigenvalue weighted by atomic mass is 79.9. The van der Waals surface area contributed by atoms with E-state index in [1.807, 2.05) is 24.3 Å².